The van der Waals surface area contributed by atoms with Crippen LogP contribution in [-0.4, -0.2) is 11.9 Å². The van der Waals surface area contributed by atoms with Gasteiger partial charge in [-0.3, -0.25) is 4.79 Å². The van der Waals surface area contributed by atoms with Crippen molar-refractivity contribution in [2.45, 2.75) is 45.3 Å². The van der Waals surface area contributed by atoms with Crippen LogP contribution in [0.4, 0.5) is 13.2 Å². The number of amides is 1. The molecule has 0 heterocycles. The fraction of sp³-hybridized carbons (Fsp3) is 0.500. The first kappa shape index (κ1) is 17.0. The molecule has 1 atom stereocenters. The minimum absolute atomic E-state index is 0.0998. The Morgan fingerprint density at radius 3 is 2.50 bits per heavy atom. The van der Waals surface area contributed by atoms with Gasteiger partial charge in [0.2, 0.25) is 0 Å². The Balaban J connectivity index is 3.04. The first-order valence-electron chi connectivity index (χ1n) is 6.47. The van der Waals surface area contributed by atoms with Crippen LogP contribution in [0.5, 0.6) is 0 Å². The first-order chi connectivity index (χ1) is 9.29. The second-order valence-corrected chi connectivity index (χ2v) is 5.47. The van der Waals surface area contributed by atoms with Crippen molar-refractivity contribution < 1.29 is 18.0 Å². The maximum Gasteiger partial charge on any atom is 0.417 e. The van der Waals surface area contributed by atoms with Gasteiger partial charge in [-0.15, -0.1) is 0 Å². The van der Waals surface area contributed by atoms with Crippen molar-refractivity contribution in [3.05, 3.63) is 33.8 Å². The molecule has 1 unspecified atom stereocenters. The summed E-state index contributed by atoms with van der Waals surface area (Å²) in [6, 6.07) is 3.46. The second kappa shape index (κ2) is 7.11. The standard InChI is InChI=1S/C14H17BrF3NO/c1-3-5-10(4-2)19-13(20)11-7-6-9(15)8-12(11)14(16,17)18/h6-8,10H,3-5H2,1-2H3,(H,19,20). The zero-order valence-electron chi connectivity index (χ0n) is 11.4. The minimum atomic E-state index is -4.55. The van der Waals surface area contributed by atoms with Crippen LogP contribution in [0.3, 0.4) is 0 Å². The van der Waals surface area contributed by atoms with E-state index >= 15 is 0 Å². The van der Waals surface area contributed by atoms with Gasteiger partial charge >= 0.3 is 6.18 Å². The molecule has 0 saturated carbocycles. The third-order valence-corrected chi connectivity index (χ3v) is 3.49. The first-order valence-corrected chi connectivity index (χ1v) is 7.26. The Kier molecular flexibility index (Phi) is 6.05. The Hall–Kier alpha value is -1.04. The van der Waals surface area contributed by atoms with E-state index in [1.807, 2.05) is 13.8 Å². The molecular formula is C14H17BrF3NO. The molecule has 0 bridgehead atoms. The fourth-order valence-corrected chi connectivity index (χ4v) is 2.30. The zero-order valence-corrected chi connectivity index (χ0v) is 12.9. The number of rotatable bonds is 5. The third kappa shape index (κ3) is 4.51. The van der Waals surface area contributed by atoms with Crippen molar-refractivity contribution in [1.29, 1.82) is 0 Å². The lowest BCUT2D eigenvalue weighted by Crippen LogP contribution is -2.35. The van der Waals surface area contributed by atoms with Gasteiger partial charge in [-0.1, -0.05) is 36.2 Å². The average Bonchev–Trinajstić information content (AvgIpc) is 2.36. The molecule has 6 heteroatoms. The molecule has 0 radical (unpaired) electrons. The summed E-state index contributed by atoms with van der Waals surface area (Å²) in [5.74, 6) is -0.676. The van der Waals surface area contributed by atoms with Crippen LogP contribution >= 0.6 is 15.9 Å². The summed E-state index contributed by atoms with van der Waals surface area (Å²) >= 11 is 3.00. The Morgan fingerprint density at radius 1 is 1.35 bits per heavy atom. The molecule has 2 nitrogen and oxygen atoms in total. The van der Waals surface area contributed by atoms with E-state index in [1.165, 1.54) is 12.1 Å². The predicted molar refractivity (Wildman–Crippen MR) is 75.6 cm³/mol. The van der Waals surface area contributed by atoms with E-state index in [1.54, 1.807) is 0 Å². The summed E-state index contributed by atoms with van der Waals surface area (Å²) < 4.78 is 39.2. The van der Waals surface area contributed by atoms with E-state index in [9.17, 15) is 18.0 Å². The molecule has 0 fully saturated rings. The number of alkyl halides is 3. The van der Waals surface area contributed by atoms with Crippen molar-refractivity contribution in [3.8, 4) is 0 Å². The summed E-state index contributed by atoms with van der Waals surface area (Å²) in [4.78, 5) is 12.0. The molecular weight excluding hydrogens is 335 g/mol. The van der Waals surface area contributed by atoms with Gasteiger partial charge in [-0.2, -0.15) is 13.2 Å². The van der Waals surface area contributed by atoms with Gasteiger partial charge in [0.1, 0.15) is 0 Å². The molecule has 1 aromatic rings. The lowest BCUT2D eigenvalue weighted by atomic mass is 10.0. The van der Waals surface area contributed by atoms with Crippen molar-refractivity contribution >= 4 is 21.8 Å². The Bertz CT molecular complexity index is 474. The smallest absolute Gasteiger partial charge is 0.349 e. The Labute approximate surface area is 124 Å². The van der Waals surface area contributed by atoms with Crippen LogP contribution in [-0.2, 0) is 6.18 Å². The molecule has 1 rings (SSSR count). The van der Waals surface area contributed by atoms with Gasteiger partial charge in [0.25, 0.3) is 5.91 Å². The highest BCUT2D eigenvalue weighted by atomic mass is 79.9. The van der Waals surface area contributed by atoms with Crippen LogP contribution in [0, 0.1) is 0 Å². The van der Waals surface area contributed by atoms with Gasteiger partial charge < -0.3 is 5.32 Å². The largest absolute Gasteiger partial charge is 0.417 e. The SMILES string of the molecule is CCCC(CC)NC(=O)c1ccc(Br)cc1C(F)(F)F. The van der Waals surface area contributed by atoms with Gasteiger partial charge in [0.05, 0.1) is 11.1 Å². The third-order valence-electron chi connectivity index (χ3n) is 3.00. The van der Waals surface area contributed by atoms with Crippen molar-refractivity contribution in [3.63, 3.8) is 0 Å². The normalized spacial score (nSPS) is 13.1. The van der Waals surface area contributed by atoms with E-state index in [0.29, 0.717) is 10.9 Å². The van der Waals surface area contributed by atoms with E-state index in [4.69, 9.17) is 0 Å². The molecule has 1 N–H and O–H groups in total. The molecule has 0 saturated heterocycles. The molecule has 0 aliphatic rings. The van der Waals surface area contributed by atoms with Gasteiger partial charge in [-0.25, -0.2) is 0 Å². The van der Waals surface area contributed by atoms with Crippen molar-refractivity contribution in [1.82, 2.24) is 5.32 Å². The van der Waals surface area contributed by atoms with Crippen LogP contribution in [0.2, 0.25) is 0 Å². The van der Waals surface area contributed by atoms with E-state index < -0.39 is 17.6 Å². The summed E-state index contributed by atoms with van der Waals surface area (Å²) in [6.45, 7) is 3.86. The molecule has 0 aromatic heterocycles. The monoisotopic (exact) mass is 351 g/mol. The summed E-state index contributed by atoms with van der Waals surface area (Å²) in [7, 11) is 0. The van der Waals surface area contributed by atoms with Gasteiger partial charge in [-0.05, 0) is 31.0 Å². The van der Waals surface area contributed by atoms with Crippen molar-refractivity contribution in [2.24, 2.45) is 0 Å². The highest BCUT2D eigenvalue weighted by Gasteiger charge is 2.35. The molecule has 0 aliphatic heterocycles. The molecule has 20 heavy (non-hydrogen) atoms. The molecule has 0 spiro atoms. The van der Waals surface area contributed by atoms with E-state index in [2.05, 4.69) is 21.2 Å². The number of carbonyl (C=O) groups is 1. The Morgan fingerprint density at radius 2 is 2.00 bits per heavy atom. The van der Waals surface area contributed by atoms with Gasteiger partial charge in [0.15, 0.2) is 0 Å². The number of halogens is 4. The lowest BCUT2D eigenvalue weighted by Gasteiger charge is -2.18. The van der Waals surface area contributed by atoms with Crippen LogP contribution < -0.4 is 5.32 Å². The number of hydrogen-bond donors (Lipinski definition) is 1. The van der Waals surface area contributed by atoms with Crippen LogP contribution in [0.15, 0.2) is 22.7 Å². The zero-order chi connectivity index (χ0) is 15.3. The highest BCUT2D eigenvalue weighted by molar-refractivity contribution is 9.10. The quantitative estimate of drug-likeness (QED) is 0.812. The van der Waals surface area contributed by atoms with Crippen molar-refractivity contribution in [2.75, 3.05) is 0 Å². The molecule has 1 amide bonds. The number of carbonyl (C=O) groups excluding carboxylic acids is 1. The predicted octanol–water partition coefficient (Wildman–Crippen LogP) is 4.78. The van der Waals surface area contributed by atoms with E-state index in [0.717, 1.165) is 18.9 Å². The molecule has 0 aliphatic carbocycles. The number of benzene rings is 1. The second-order valence-electron chi connectivity index (χ2n) is 4.55. The number of nitrogens with one attached hydrogen (secondary N) is 1. The highest BCUT2D eigenvalue weighted by Crippen LogP contribution is 2.33. The summed E-state index contributed by atoms with van der Waals surface area (Å²) in [6.07, 6.45) is -2.24. The lowest BCUT2D eigenvalue weighted by molar-refractivity contribution is -0.138. The van der Waals surface area contributed by atoms with Crippen LogP contribution in [0.1, 0.15) is 49.0 Å². The maximum atomic E-state index is 13.0. The fourth-order valence-electron chi connectivity index (χ4n) is 1.94. The topological polar surface area (TPSA) is 29.1 Å². The minimum Gasteiger partial charge on any atom is -0.349 e. The summed E-state index contributed by atoms with van der Waals surface area (Å²) in [5.41, 5.74) is -1.26. The van der Waals surface area contributed by atoms with Crippen LogP contribution in [0.25, 0.3) is 0 Å². The molecule has 1 aromatic carbocycles. The number of hydrogen-bond acceptors (Lipinski definition) is 1. The van der Waals surface area contributed by atoms with Gasteiger partial charge in [0, 0.05) is 10.5 Å². The average molecular weight is 352 g/mol. The maximum absolute atomic E-state index is 13.0. The molecule has 112 valence electrons. The van der Waals surface area contributed by atoms with E-state index in [-0.39, 0.29) is 11.6 Å². The summed E-state index contributed by atoms with van der Waals surface area (Å²) in [5, 5.41) is 2.66.